The molecule has 2 aromatic carbocycles. The van der Waals surface area contributed by atoms with Gasteiger partial charge in [-0.15, -0.1) is 0 Å². The van der Waals surface area contributed by atoms with E-state index in [4.69, 9.17) is 16.3 Å². The van der Waals surface area contributed by atoms with Crippen molar-refractivity contribution < 1.29 is 22.3 Å². The first kappa shape index (κ1) is 25.4. The number of amides is 1. The summed E-state index contributed by atoms with van der Waals surface area (Å²) in [4.78, 5) is 15.3. The lowest BCUT2D eigenvalue weighted by Crippen LogP contribution is -2.49. The molecule has 1 aliphatic rings. The van der Waals surface area contributed by atoms with Crippen molar-refractivity contribution >= 4 is 33.2 Å². The highest BCUT2D eigenvalue weighted by Crippen LogP contribution is 2.27. The maximum Gasteiger partial charge on any atom is 0.244 e. The second-order valence-electron chi connectivity index (χ2n) is 8.01. The highest BCUT2D eigenvalue weighted by atomic mass is 35.5. The van der Waals surface area contributed by atoms with E-state index in [2.05, 4.69) is 10.2 Å². The number of hydrogen-bond donors (Lipinski definition) is 1. The molecule has 1 aliphatic heterocycles. The van der Waals surface area contributed by atoms with E-state index in [0.29, 0.717) is 0 Å². The van der Waals surface area contributed by atoms with Crippen molar-refractivity contribution in [2.24, 2.45) is 0 Å². The minimum atomic E-state index is -3.83. The summed E-state index contributed by atoms with van der Waals surface area (Å²) in [6.45, 7) is 6.00. The molecule has 3 rings (SSSR count). The van der Waals surface area contributed by atoms with E-state index in [-0.39, 0.29) is 23.7 Å². The highest BCUT2D eigenvalue weighted by molar-refractivity contribution is 7.92. The Morgan fingerprint density at radius 3 is 2.55 bits per heavy atom. The number of morpholine rings is 1. The van der Waals surface area contributed by atoms with E-state index in [0.717, 1.165) is 60.6 Å². The third-order valence-corrected chi connectivity index (χ3v) is 6.92. The highest BCUT2D eigenvalue weighted by Gasteiger charge is 2.31. The molecule has 1 atom stereocenters. The molecule has 1 saturated heterocycles. The first-order valence-corrected chi connectivity index (χ1v) is 13.0. The van der Waals surface area contributed by atoms with Gasteiger partial charge in [-0.25, -0.2) is 12.8 Å². The maximum absolute atomic E-state index is 13.6. The monoisotopic (exact) mass is 497 g/mol. The van der Waals surface area contributed by atoms with Crippen LogP contribution in [0.15, 0.2) is 42.5 Å². The summed E-state index contributed by atoms with van der Waals surface area (Å²) in [5.41, 5.74) is 2.19. The lowest BCUT2D eigenvalue weighted by atomic mass is 10.1. The fourth-order valence-electron chi connectivity index (χ4n) is 3.84. The third-order valence-electron chi connectivity index (χ3n) is 5.46. The van der Waals surface area contributed by atoms with E-state index in [1.54, 1.807) is 6.92 Å². The number of nitrogens with zero attached hydrogens (tertiary/aromatic N) is 2. The van der Waals surface area contributed by atoms with Crippen LogP contribution in [0.25, 0.3) is 0 Å². The molecule has 0 radical (unpaired) electrons. The molecule has 7 nitrogen and oxygen atoms in total. The van der Waals surface area contributed by atoms with Crippen LogP contribution in [-0.4, -0.2) is 57.8 Å². The average Bonchev–Trinajstić information content (AvgIpc) is 2.78. The number of anilines is 1. The van der Waals surface area contributed by atoms with Crippen molar-refractivity contribution in [3.8, 4) is 0 Å². The number of rotatable bonds is 9. The van der Waals surface area contributed by atoms with Crippen molar-refractivity contribution in [2.45, 2.75) is 32.5 Å². The van der Waals surface area contributed by atoms with Crippen LogP contribution < -0.4 is 9.62 Å². The van der Waals surface area contributed by atoms with Gasteiger partial charge in [0.2, 0.25) is 15.9 Å². The van der Waals surface area contributed by atoms with Crippen LogP contribution in [0.5, 0.6) is 0 Å². The Bertz CT molecular complexity index is 1080. The minimum Gasteiger partial charge on any atom is -0.379 e. The Labute approximate surface area is 199 Å². The van der Waals surface area contributed by atoms with Gasteiger partial charge in [0.05, 0.1) is 30.2 Å². The van der Waals surface area contributed by atoms with Gasteiger partial charge in [0, 0.05) is 26.2 Å². The van der Waals surface area contributed by atoms with Gasteiger partial charge in [-0.1, -0.05) is 42.8 Å². The molecule has 1 heterocycles. The van der Waals surface area contributed by atoms with Crippen LogP contribution in [-0.2, 0) is 32.6 Å². The molecule has 1 N–H and O–H groups in total. The normalized spacial score (nSPS) is 15.8. The fraction of sp³-hybridized carbons (Fsp3) is 0.435. The van der Waals surface area contributed by atoms with Gasteiger partial charge in [0.1, 0.15) is 11.9 Å². The van der Waals surface area contributed by atoms with Crippen molar-refractivity contribution in [3.05, 3.63) is 64.4 Å². The standard InChI is InChI=1S/C23H29ClFN3O4S/c1-3-22(28(33(2,30)31)19-7-8-21(25)20(24)14-19)23(29)26-15-17-5-4-6-18(13-17)16-27-9-11-32-12-10-27/h4-8,13-14,22H,3,9-12,15-16H2,1-2H3,(H,26,29)/t22-/m0/s1. The molecular formula is C23H29ClFN3O4S. The summed E-state index contributed by atoms with van der Waals surface area (Å²) in [5, 5.41) is 2.63. The Hall–Kier alpha value is -2.20. The summed E-state index contributed by atoms with van der Waals surface area (Å²) in [6, 6.07) is 10.5. The number of hydrogen-bond acceptors (Lipinski definition) is 5. The van der Waals surface area contributed by atoms with Gasteiger partial charge in [0.15, 0.2) is 0 Å². The van der Waals surface area contributed by atoms with E-state index >= 15 is 0 Å². The average molecular weight is 498 g/mol. The molecule has 180 valence electrons. The Morgan fingerprint density at radius 1 is 1.21 bits per heavy atom. The minimum absolute atomic E-state index is 0.137. The molecule has 0 unspecified atom stereocenters. The van der Waals surface area contributed by atoms with Crippen LogP contribution in [0.3, 0.4) is 0 Å². The molecule has 0 aromatic heterocycles. The molecule has 0 aliphatic carbocycles. The van der Waals surface area contributed by atoms with Crippen molar-refractivity contribution in [2.75, 3.05) is 36.9 Å². The largest absolute Gasteiger partial charge is 0.379 e. The molecule has 33 heavy (non-hydrogen) atoms. The van der Waals surface area contributed by atoms with Crippen LogP contribution in [0, 0.1) is 5.82 Å². The van der Waals surface area contributed by atoms with Crippen LogP contribution in [0.4, 0.5) is 10.1 Å². The number of carbonyl (C=O) groups is 1. The van der Waals surface area contributed by atoms with E-state index < -0.39 is 27.8 Å². The SMILES string of the molecule is CC[C@@H](C(=O)NCc1cccc(CN2CCOCC2)c1)N(c1ccc(F)c(Cl)c1)S(C)(=O)=O. The first-order valence-electron chi connectivity index (χ1n) is 10.8. The van der Waals surface area contributed by atoms with Gasteiger partial charge in [-0.05, 0) is 35.7 Å². The quantitative estimate of drug-likeness (QED) is 0.575. The van der Waals surface area contributed by atoms with Gasteiger partial charge in [-0.3, -0.25) is 14.0 Å². The first-order chi connectivity index (χ1) is 15.7. The van der Waals surface area contributed by atoms with Gasteiger partial charge < -0.3 is 10.1 Å². The lowest BCUT2D eigenvalue weighted by molar-refractivity contribution is -0.122. The molecule has 0 saturated carbocycles. The summed E-state index contributed by atoms with van der Waals surface area (Å²) < 4.78 is 45.0. The second kappa shape index (κ2) is 11.3. The Morgan fingerprint density at radius 2 is 1.91 bits per heavy atom. The molecule has 1 amide bonds. The topological polar surface area (TPSA) is 79.0 Å². The molecule has 10 heteroatoms. The van der Waals surface area contributed by atoms with Gasteiger partial charge in [0.25, 0.3) is 0 Å². The maximum atomic E-state index is 13.6. The Kier molecular flexibility index (Phi) is 8.69. The zero-order chi connectivity index (χ0) is 24.0. The van der Waals surface area contributed by atoms with Gasteiger partial charge in [-0.2, -0.15) is 0 Å². The summed E-state index contributed by atoms with van der Waals surface area (Å²) in [5.74, 6) is -1.11. The number of halogens is 2. The van der Waals surface area contributed by atoms with Crippen LogP contribution in [0.1, 0.15) is 24.5 Å². The zero-order valence-electron chi connectivity index (χ0n) is 18.8. The molecular weight excluding hydrogens is 469 g/mol. The smallest absolute Gasteiger partial charge is 0.244 e. The number of nitrogens with one attached hydrogen (secondary N) is 1. The number of ether oxygens (including phenoxy) is 1. The zero-order valence-corrected chi connectivity index (χ0v) is 20.3. The third kappa shape index (κ3) is 6.89. The van der Waals surface area contributed by atoms with Crippen molar-refractivity contribution in [3.63, 3.8) is 0 Å². The molecule has 0 bridgehead atoms. The molecule has 1 fully saturated rings. The molecule has 0 spiro atoms. The molecule has 2 aromatic rings. The summed E-state index contributed by atoms with van der Waals surface area (Å²) in [7, 11) is -3.83. The van der Waals surface area contributed by atoms with E-state index in [9.17, 15) is 17.6 Å². The summed E-state index contributed by atoms with van der Waals surface area (Å²) in [6.07, 6.45) is 1.24. The second-order valence-corrected chi connectivity index (χ2v) is 10.3. The number of benzene rings is 2. The van der Waals surface area contributed by atoms with E-state index in [1.807, 2.05) is 24.3 Å². The number of carbonyl (C=O) groups excluding carboxylic acids is 1. The van der Waals surface area contributed by atoms with Crippen LogP contribution in [0.2, 0.25) is 5.02 Å². The number of sulfonamides is 1. The lowest BCUT2D eigenvalue weighted by Gasteiger charge is -2.30. The van der Waals surface area contributed by atoms with Gasteiger partial charge >= 0.3 is 0 Å². The summed E-state index contributed by atoms with van der Waals surface area (Å²) >= 11 is 5.85. The van der Waals surface area contributed by atoms with E-state index in [1.165, 1.54) is 12.1 Å². The predicted molar refractivity (Wildman–Crippen MR) is 127 cm³/mol. The predicted octanol–water partition coefficient (Wildman–Crippen LogP) is 3.17. The van der Waals surface area contributed by atoms with Crippen molar-refractivity contribution in [1.29, 1.82) is 0 Å². The fourth-order valence-corrected chi connectivity index (χ4v) is 5.22. The Balaban J connectivity index is 1.71. The van der Waals surface area contributed by atoms with Crippen LogP contribution >= 0.6 is 11.6 Å². The van der Waals surface area contributed by atoms with Crippen molar-refractivity contribution in [1.82, 2.24) is 10.2 Å².